The molecule has 2 aliphatic rings. The van der Waals surface area contributed by atoms with Crippen molar-refractivity contribution in [1.29, 1.82) is 0 Å². The first-order valence-electron chi connectivity index (χ1n) is 5.57. The lowest BCUT2D eigenvalue weighted by Crippen LogP contribution is -2.35. The Morgan fingerprint density at radius 1 is 1.43 bits per heavy atom. The van der Waals surface area contributed by atoms with Crippen molar-refractivity contribution in [3.8, 4) is 0 Å². The van der Waals surface area contributed by atoms with E-state index in [0.29, 0.717) is 0 Å². The van der Waals surface area contributed by atoms with Crippen LogP contribution in [0.2, 0.25) is 0 Å². The molecule has 3 nitrogen and oxygen atoms in total. The summed E-state index contributed by atoms with van der Waals surface area (Å²) in [7, 11) is 0. The summed E-state index contributed by atoms with van der Waals surface area (Å²) in [6.45, 7) is 4.51. The smallest absolute Gasteiger partial charge is 0.156 e. The van der Waals surface area contributed by atoms with Gasteiger partial charge in [0.05, 0.1) is 0 Å². The van der Waals surface area contributed by atoms with Crippen molar-refractivity contribution in [2.75, 3.05) is 31.9 Å². The minimum absolute atomic E-state index is 0.849. The van der Waals surface area contributed by atoms with E-state index in [-0.39, 0.29) is 0 Å². The van der Waals surface area contributed by atoms with E-state index in [1.54, 1.807) is 0 Å². The average molecular weight is 213 g/mol. The topological polar surface area (TPSA) is 36.4 Å². The van der Waals surface area contributed by atoms with Gasteiger partial charge in [0.1, 0.15) is 0 Å². The SMILES string of the molecule is C1CN=C(NCC2CCNCC2)SC1. The number of aliphatic imine (C=N–C) groups is 1. The molecule has 1 saturated heterocycles. The predicted molar refractivity (Wildman–Crippen MR) is 63.0 cm³/mol. The highest BCUT2D eigenvalue weighted by atomic mass is 32.2. The van der Waals surface area contributed by atoms with Crippen LogP contribution in [-0.2, 0) is 0 Å². The Morgan fingerprint density at radius 2 is 2.29 bits per heavy atom. The van der Waals surface area contributed by atoms with Crippen LogP contribution in [0.25, 0.3) is 0 Å². The monoisotopic (exact) mass is 213 g/mol. The molecule has 14 heavy (non-hydrogen) atoms. The third-order valence-corrected chi connectivity index (χ3v) is 3.84. The number of amidine groups is 1. The first-order valence-corrected chi connectivity index (χ1v) is 6.55. The highest BCUT2D eigenvalue weighted by Crippen LogP contribution is 2.13. The Kier molecular flexibility index (Phi) is 4.13. The third kappa shape index (κ3) is 3.17. The Labute approximate surface area is 90.1 Å². The second kappa shape index (κ2) is 5.61. The molecule has 0 aromatic heterocycles. The number of hydrogen-bond acceptors (Lipinski definition) is 4. The Hall–Kier alpha value is -0.220. The van der Waals surface area contributed by atoms with E-state index in [9.17, 15) is 0 Å². The zero-order chi connectivity index (χ0) is 9.64. The van der Waals surface area contributed by atoms with Crippen molar-refractivity contribution in [2.45, 2.75) is 19.3 Å². The van der Waals surface area contributed by atoms with Crippen molar-refractivity contribution in [2.24, 2.45) is 10.9 Å². The number of piperidine rings is 1. The van der Waals surface area contributed by atoms with Crippen LogP contribution in [0.1, 0.15) is 19.3 Å². The molecule has 0 amide bonds. The van der Waals surface area contributed by atoms with Crippen LogP contribution in [0, 0.1) is 5.92 Å². The van der Waals surface area contributed by atoms with Gasteiger partial charge in [-0.1, -0.05) is 11.8 Å². The van der Waals surface area contributed by atoms with Crippen LogP contribution >= 0.6 is 11.8 Å². The first kappa shape index (κ1) is 10.3. The standard InChI is InChI=1S/C10H19N3S/c1-4-12-10(14-7-1)13-8-9-2-5-11-6-3-9/h9,11H,1-8H2,(H,12,13). The van der Waals surface area contributed by atoms with Crippen molar-refractivity contribution in [1.82, 2.24) is 10.6 Å². The van der Waals surface area contributed by atoms with Crippen LogP contribution in [0.5, 0.6) is 0 Å². The molecule has 0 aromatic carbocycles. The second-order valence-corrected chi connectivity index (χ2v) is 5.05. The lowest BCUT2D eigenvalue weighted by Gasteiger charge is -2.24. The Morgan fingerprint density at radius 3 is 3.00 bits per heavy atom. The molecular formula is C10H19N3S. The van der Waals surface area contributed by atoms with Crippen molar-refractivity contribution in [3.63, 3.8) is 0 Å². The summed E-state index contributed by atoms with van der Waals surface area (Å²) in [6.07, 6.45) is 3.86. The first-order chi connectivity index (χ1) is 6.95. The summed E-state index contributed by atoms with van der Waals surface area (Å²) in [4.78, 5) is 4.47. The van der Waals surface area contributed by atoms with E-state index in [2.05, 4.69) is 15.6 Å². The number of hydrogen-bond donors (Lipinski definition) is 2. The van der Waals surface area contributed by atoms with Gasteiger partial charge in [0.2, 0.25) is 0 Å². The zero-order valence-corrected chi connectivity index (χ0v) is 9.41. The van der Waals surface area contributed by atoms with E-state index in [0.717, 1.165) is 19.0 Å². The fraction of sp³-hybridized carbons (Fsp3) is 0.900. The molecule has 1 fully saturated rings. The van der Waals surface area contributed by atoms with Gasteiger partial charge in [0.15, 0.2) is 5.17 Å². The molecule has 0 aliphatic carbocycles. The van der Waals surface area contributed by atoms with Crippen molar-refractivity contribution < 1.29 is 0 Å². The zero-order valence-electron chi connectivity index (χ0n) is 8.59. The maximum Gasteiger partial charge on any atom is 0.156 e. The highest BCUT2D eigenvalue weighted by Gasteiger charge is 2.13. The number of thioether (sulfide) groups is 1. The van der Waals surface area contributed by atoms with E-state index in [4.69, 9.17) is 0 Å². The van der Waals surface area contributed by atoms with E-state index < -0.39 is 0 Å². The highest BCUT2D eigenvalue weighted by molar-refractivity contribution is 8.13. The predicted octanol–water partition coefficient (Wildman–Crippen LogP) is 1.07. The summed E-state index contributed by atoms with van der Waals surface area (Å²) in [5.41, 5.74) is 0. The molecule has 80 valence electrons. The third-order valence-electron chi connectivity index (χ3n) is 2.80. The van der Waals surface area contributed by atoms with E-state index >= 15 is 0 Å². The van der Waals surface area contributed by atoms with Crippen LogP contribution in [0.3, 0.4) is 0 Å². The summed E-state index contributed by atoms with van der Waals surface area (Å²) >= 11 is 1.88. The second-order valence-electron chi connectivity index (χ2n) is 3.96. The van der Waals surface area contributed by atoms with E-state index in [1.165, 1.54) is 43.3 Å². The lowest BCUT2D eigenvalue weighted by molar-refractivity contribution is 0.373. The fourth-order valence-corrected chi connectivity index (χ4v) is 2.72. The molecule has 2 N–H and O–H groups in total. The summed E-state index contributed by atoms with van der Waals surface area (Å²) in [5, 5.41) is 8.04. The summed E-state index contributed by atoms with van der Waals surface area (Å²) < 4.78 is 0. The van der Waals surface area contributed by atoms with Gasteiger partial charge in [-0.3, -0.25) is 4.99 Å². The van der Waals surface area contributed by atoms with Crippen molar-refractivity contribution >= 4 is 16.9 Å². The van der Waals surface area contributed by atoms with Gasteiger partial charge in [-0.15, -0.1) is 0 Å². The maximum absolute atomic E-state index is 4.47. The molecule has 0 radical (unpaired) electrons. The average Bonchev–Trinajstić information content (AvgIpc) is 2.29. The van der Waals surface area contributed by atoms with Crippen molar-refractivity contribution in [3.05, 3.63) is 0 Å². The molecule has 0 saturated carbocycles. The van der Waals surface area contributed by atoms with Crippen LogP contribution < -0.4 is 10.6 Å². The fourth-order valence-electron chi connectivity index (χ4n) is 1.88. The van der Waals surface area contributed by atoms with Gasteiger partial charge in [-0.05, 0) is 38.3 Å². The van der Waals surface area contributed by atoms with Crippen LogP contribution in [0.15, 0.2) is 4.99 Å². The summed E-state index contributed by atoms with van der Waals surface area (Å²) in [5.74, 6) is 2.08. The molecule has 2 rings (SSSR count). The van der Waals surface area contributed by atoms with Gasteiger partial charge in [0, 0.05) is 18.8 Å². The normalized spacial score (nSPS) is 24.4. The molecule has 4 heteroatoms. The minimum atomic E-state index is 0.849. The number of nitrogens with zero attached hydrogens (tertiary/aromatic N) is 1. The number of nitrogens with one attached hydrogen (secondary N) is 2. The van der Waals surface area contributed by atoms with Gasteiger partial charge in [-0.2, -0.15) is 0 Å². The molecule has 2 heterocycles. The van der Waals surface area contributed by atoms with Crippen LogP contribution in [0.4, 0.5) is 0 Å². The van der Waals surface area contributed by atoms with Gasteiger partial charge >= 0.3 is 0 Å². The van der Waals surface area contributed by atoms with Gasteiger partial charge < -0.3 is 10.6 Å². The lowest BCUT2D eigenvalue weighted by atomic mass is 9.98. The molecule has 0 bridgehead atoms. The summed E-state index contributed by atoms with van der Waals surface area (Å²) in [6, 6.07) is 0. The molecule has 0 atom stereocenters. The minimum Gasteiger partial charge on any atom is -0.365 e. The van der Waals surface area contributed by atoms with Crippen LogP contribution in [-0.4, -0.2) is 37.1 Å². The van der Waals surface area contributed by atoms with Gasteiger partial charge in [-0.25, -0.2) is 0 Å². The maximum atomic E-state index is 4.47. The molecule has 0 aromatic rings. The molecule has 2 aliphatic heterocycles. The molecule has 0 spiro atoms. The van der Waals surface area contributed by atoms with E-state index in [1.807, 2.05) is 11.8 Å². The number of rotatable bonds is 2. The Bertz CT molecular complexity index is 200. The molecule has 0 unspecified atom stereocenters. The largest absolute Gasteiger partial charge is 0.365 e. The molecular weight excluding hydrogens is 194 g/mol. The van der Waals surface area contributed by atoms with Gasteiger partial charge in [0.25, 0.3) is 0 Å². The quantitative estimate of drug-likeness (QED) is 0.720. The Balaban J connectivity index is 1.67.